The summed E-state index contributed by atoms with van der Waals surface area (Å²) in [5.74, 6) is 6.12. The lowest BCUT2D eigenvalue weighted by atomic mass is 9.77. The van der Waals surface area contributed by atoms with Gasteiger partial charge in [-0.2, -0.15) is 0 Å². The lowest BCUT2D eigenvalue weighted by Gasteiger charge is -2.36. The molecular formula is C19H23NO2. The molecule has 116 valence electrons. The van der Waals surface area contributed by atoms with Gasteiger partial charge < -0.3 is 10.1 Å². The Kier molecular flexibility index (Phi) is 4.49. The topological polar surface area (TPSA) is 38.3 Å². The summed E-state index contributed by atoms with van der Waals surface area (Å²) in [6.07, 6.45) is 3.25. The van der Waals surface area contributed by atoms with Crippen molar-refractivity contribution in [3.63, 3.8) is 0 Å². The van der Waals surface area contributed by atoms with Gasteiger partial charge in [-0.1, -0.05) is 18.1 Å². The standard InChI is InChI=1S/C19H23NO2/c1-3-5-13-6-8-14(9-7-13)16-12-15-10-11-17(20-15)18(16)19(21)22-4-2/h6-9,15-18,20H,4,10-12H2,1-2H3. The third kappa shape index (κ3) is 2.89. The Morgan fingerprint density at radius 2 is 2.09 bits per heavy atom. The average Bonchev–Trinajstić information content (AvgIpc) is 2.90. The molecule has 0 saturated carbocycles. The molecule has 2 bridgehead atoms. The van der Waals surface area contributed by atoms with Gasteiger partial charge in [0.1, 0.15) is 0 Å². The predicted molar refractivity (Wildman–Crippen MR) is 86.4 cm³/mol. The zero-order valence-corrected chi connectivity index (χ0v) is 13.3. The van der Waals surface area contributed by atoms with Crippen LogP contribution in [0.4, 0.5) is 0 Å². The third-order valence-corrected chi connectivity index (χ3v) is 4.85. The summed E-state index contributed by atoms with van der Waals surface area (Å²) in [5, 5.41) is 3.59. The third-order valence-electron chi connectivity index (χ3n) is 4.85. The summed E-state index contributed by atoms with van der Waals surface area (Å²) in [4.78, 5) is 12.5. The zero-order valence-electron chi connectivity index (χ0n) is 13.3. The molecule has 2 saturated heterocycles. The van der Waals surface area contributed by atoms with E-state index in [0.29, 0.717) is 12.6 Å². The maximum atomic E-state index is 12.5. The van der Waals surface area contributed by atoms with Crippen LogP contribution in [-0.2, 0) is 9.53 Å². The van der Waals surface area contributed by atoms with Crippen LogP contribution in [0.5, 0.6) is 0 Å². The molecule has 1 aromatic rings. The summed E-state index contributed by atoms with van der Waals surface area (Å²) in [7, 11) is 0. The second kappa shape index (κ2) is 6.54. The first-order valence-electron chi connectivity index (χ1n) is 8.18. The maximum Gasteiger partial charge on any atom is 0.311 e. The molecule has 4 unspecified atom stereocenters. The minimum Gasteiger partial charge on any atom is -0.466 e. The van der Waals surface area contributed by atoms with Crippen LogP contribution >= 0.6 is 0 Å². The van der Waals surface area contributed by atoms with Crippen molar-refractivity contribution in [2.75, 3.05) is 6.61 Å². The molecule has 0 aliphatic carbocycles. The molecule has 2 aliphatic rings. The van der Waals surface area contributed by atoms with Gasteiger partial charge in [0.25, 0.3) is 0 Å². The fourth-order valence-corrected chi connectivity index (χ4v) is 3.92. The van der Waals surface area contributed by atoms with Crippen molar-refractivity contribution in [2.24, 2.45) is 5.92 Å². The minimum atomic E-state index is -0.0678. The number of hydrogen-bond donors (Lipinski definition) is 1. The molecule has 0 aromatic heterocycles. The van der Waals surface area contributed by atoms with E-state index in [1.54, 1.807) is 0 Å². The molecular weight excluding hydrogens is 274 g/mol. The number of hydrogen-bond acceptors (Lipinski definition) is 3. The molecule has 0 amide bonds. The van der Waals surface area contributed by atoms with Crippen molar-refractivity contribution in [1.29, 1.82) is 0 Å². The Hall–Kier alpha value is -1.79. The highest BCUT2D eigenvalue weighted by Crippen LogP contribution is 2.42. The van der Waals surface area contributed by atoms with Gasteiger partial charge in [-0.3, -0.25) is 4.79 Å². The SMILES string of the molecule is CC#Cc1ccc(C2CC3CCC(N3)C2C(=O)OCC)cc1. The molecule has 1 N–H and O–H groups in total. The molecule has 22 heavy (non-hydrogen) atoms. The van der Waals surface area contributed by atoms with Gasteiger partial charge in [0.15, 0.2) is 0 Å². The minimum absolute atomic E-state index is 0.0530. The van der Waals surface area contributed by atoms with Gasteiger partial charge in [0.2, 0.25) is 0 Å². The first-order chi connectivity index (χ1) is 10.7. The summed E-state index contributed by atoms with van der Waals surface area (Å²) in [6.45, 7) is 4.16. The van der Waals surface area contributed by atoms with Gasteiger partial charge in [0, 0.05) is 23.6 Å². The number of nitrogens with one attached hydrogen (secondary N) is 1. The van der Waals surface area contributed by atoms with E-state index < -0.39 is 0 Å². The smallest absolute Gasteiger partial charge is 0.311 e. The maximum absolute atomic E-state index is 12.5. The van der Waals surface area contributed by atoms with E-state index in [4.69, 9.17) is 4.74 Å². The Balaban J connectivity index is 1.87. The van der Waals surface area contributed by atoms with E-state index in [2.05, 4.69) is 41.4 Å². The van der Waals surface area contributed by atoms with Gasteiger partial charge in [0.05, 0.1) is 12.5 Å². The number of benzene rings is 1. The largest absolute Gasteiger partial charge is 0.466 e. The van der Waals surface area contributed by atoms with E-state index >= 15 is 0 Å². The molecule has 2 aliphatic heterocycles. The molecule has 4 atom stereocenters. The van der Waals surface area contributed by atoms with E-state index in [1.165, 1.54) is 5.56 Å². The first kappa shape index (κ1) is 15.1. The van der Waals surface area contributed by atoms with Crippen molar-refractivity contribution < 1.29 is 9.53 Å². The van der Waals surface area contributed by atoms with Crippen LogP contribution in [-0.4, -0.2) is 24.7 Å². The number of fused-ring (bicyclic) bond motifs is 2. The van der Waals surface area contributed by atoms with Crippen molar-refractivity contribution in [3.05, 3.63) is 35.4 Å². The van der Waals surface area contributed by atoms with Crippen LogP contribution in [0.25, 0.3) is 0 Å². The van der Waals surface area contributed by atoms with Gasteiger partial charge in [-0.25, -0.2) is 0 Å². The lowest BCUT2D eigenvalue weighted by Crippen LogP contribution is -2.48. The lowest BCUT2D eigenvalue weighted by molar-refractivity contribution is -0.150. The van der Waals surface area contributed by atoms with Crippen molar-refractivity contribution in [2.45, 2.75) is 51.1 Å². The highest BCUT2D eigenvalue weighted by Gasteiger charge is 2.46. The Morgan fingerprint density at radius 1 is 1.32 bits per heavy atom. The summed E-state index contributed by atoms with van der Waals surface area (Å²) in [6, 6.07) is 9.16. The number of carbonyl (C=O) groups is 1. The Bertz CT molecular complexity index is 596. The highest BCUT2D eigenvalue weighted by molar-refractivity contribution is 5.75. The molecule has 2 heterocycles. The highest BCUT2D eigenvalue weighted by atomic mass is 16.5. The van der Waals surface area contributed by atoms with Gasteiger partial charge >= 0.3 is 5.97 Å². The quantitative estimate of drug-likeness (QED) is 0.689. The first-order valence-corrected chi connectivity index (χ1v) is 8.18. The van der Waals surface area contributed by atoms with E-state index in [9.17, 15) is 4.79 Å². The molecule has 3 rings (SSSR count). The molecule has 3 nitrogen and oxygen atoms in total. The predicted octanol–water partition coefficient (Wildman–Crippen LogP) is 2.85. The summed E-state index contributed by atoms with van der Waals surface area (Å²) < 4.78 is 5.34. The van der Waals surface area contributed by atoms with Crippen LogP contribution in [0.2, 0.25) is 0 Å². The summed E-state index contributed by atoms with van der Waals surface area (Å²) >= 11 is 0. The van der Waals surface area contributed by atoms with Gasteiger partial charge in [-0.05, 0) is 50.8 Å². The van der Waals surface area contributed by atoms with Crippen molar-refractivity contribution >= 4 is 5.97 Å². The van der Waals surface area contributed by atoms with Crippen LogP contribution < -0.4 is 5.32 Å². The number of ether oxygens (including phenoxy) is 1. The second-order valence-corrected chi connectivity index (χ2v) is 6.16. The van der Waals surface area contributed by atoms with Crippen LogP contribution in [0.15, 0.2) is 24.3 Å². The second-order valence-electron chi connectivity index (χ2n) is 6.16. The zero-order chi connectivity index (χ0) is 15.5. The van der Waals surface area contributed by atoms with Crippen LogP contribution in [0.3, 0.4) is 0 Å². The van der Waals surface area contributed by atoms with Crippen molar-refractivity contribution in [1.82, 2.24) is 5.32 Å². The fraction of sp³-hybridized carbons (Fsp3) is 0.526. The van der Waals surface area contributed by atoms with Crippen molar-refractivity contribution in [3.8, 4) is 11.8 Å². The van der Waals surface area contributed by atoms with Gasteiger partial charge in [-0.15, -0.1) is 5.92 Å². The van der Waals surface area contributed by atoms with E-state index in [0.717, 1.165) is 24.8 Å². The monoisotopic (exact) mass is 297 g/mol. The molecule has 2 fully saturated rings. The Morgan fingerprint density at radius 3 is 2.77 bits per heavy atom. The molecule has 1 aromatic carbocycles. The normalized spacial score (nSPS) is 29.5. The molecule has 3 heteroatoms. The Labute approximate surface area is 132 Å². The van der Waals surface area contributed by atoms with E-state index in [-0.39, 0.29) is 23.8 Å². The van der Waals surface area contributed by atoms with Crippen LogP contribution in [0.1, 0.15) is 50.2 Å². The fourth-order valence-electron chi connectivity index (χ4n) is 3.92. The van der Waals surface area contributed by atoms with E-state index in [1.807, 2.05) is 13.8 Å². The van der Waals surface area contributed by atoms with Crippen LogP contribution in [0, 0.1) is 17.8 Å². The summed E-state index contributed by atoms with van der Waals surface area (Å²) in [5.41, 5.74) is 2.26. The molecule has 0 radical (unpaired) electrons. The average molecular weight is 297 g/mol. The molecule has 0 spiro atoms. The number of rotatable bonds is 3. The number of piperidine rings is 1. The number of carbonyl (C=O) groups excluding carboxylic acids is 1. The number of esters is 1.